The van der Waals surface area contributed by atoms with E-state index in [1.807, 2.05) is 6.92 Å². The highest BCUT2D eigenvalue weighted by atomic mass is 127. The van der Waals surface area contributed by atoms with Crippen molar-refractivity contribution < 1.29 is 8.42 Å². The first-order valence-corrected chi connectivity index (χ1v) is 9.16. The molecule has 0 saturated carbocycles. The zero-order chi connectivity index (χ0) is 15.2. The van der Waals surface area contributed by atoms with Crippen molar-refractivity contribution in [1.29, 1.82) is 0 Å². The molecule has 0 bridgehead atoms. The third kappa shape index (κ3) is 5.72. The molecule has 2 N–H and O–H groups in total. The summed E-state index contributed by atoms with van der Waals surface area (Å²) >= 11 is 8.15. The fourth-order valence-corrected chi connectivity index (χ4v) is 3.45. The quantitative estimate of drug-likeness (QED) is 0.491. The van der Waals surface area contributed by atoms with E-state index in [9.17, 15) is 8.42 Å². The molecule has 1 aromatic carbocycles. The van der Waals surface area contributed by atoms with Gasteiger partial charge in [-0.3, -0.25) is 4.72 Å². The number of halogens is 2. The van der Waals surface area contributed by atoms with Crippen LogP contribution >= 0.6 is 34.2 Å². The highest BCUT2D eigenvalue weighted by Crippen LogP contribution is 2.25. The molecular formula is C12H19ClIN3O2S. The van der Waals surface area contributed by atoms with Crippen LogP contribution in [0, 0.1) is 3.57 Å². The molecule has 0 atom stereocenters. The summed E-state index contributed by atoms with van der Waals surface area (Å²) in [6.45, 7) is 4.14. The van der Waals surface area contributed by atoms with E-state index < -0.39 is 10.2 Å². The Labute approximate surface area is 139 Å². The number of benzene rings is 1. The van der Waals surface area contributed by atoms with Gasteiger partial charge in [-0.05, 0) is 60.3 Å². The number of hydrogen-bond donors (Lipinski definition) is 2. The Kier molecular flexibility index (Phi) is 7.52. The second-order valence-corrected chi connectivity index (χ2v) is 7.69. The van der Waals surface area contributed by atoms with Crippen LogP contribution in [-0.2, 0) is 10.2 Å². The van der Waals surface area contributed by atoms with E-state index in [-0.39, 0.29) is 0 Å². The molecule has 0 aromatic heterocycles. The molecule has 0 spiro atoms. The topological polar surface area (TPSA) is 61.4 Å². The second kappa shape index (κ2) is 8.38. The Morgan fingerprint density at radius 2 is 2.10 bits per heavy atom. The molecule has 20 heavy (non-hydrogen) atoms. The van der Waals surface area contributed by atoms with Crippen LogP contribution in [0.2, 0.25) is 5.02 Å². The van der Waals surface area contributed by atoms with Crippen LogP contribution in [-0.4, -0.2) is 39.4 Å². The molecule has 1 aromatic rings. The molecule has 0 amide bonds. The maximum absolute atomic E-state index is 12.1. The smallest absolute Gasteiger partial charge is 0.301 e. The molecule has 0 saturated heterocycles. The van der Waals surface area contributed by atoms with Crippen LogP contribution in [0.1, 0.15) is 13.3 Å². The standard InChI is InChI=1S/C12H19ClIN3O2S/c1-3-15-7-4-8-17(2)20(18,19)16-12-6-5-10(14)9-11(12)13/h5-6,9,15-16H,3-4,7-8H2,1-2H3. The molecule has 1 rings (SSSR count). The minimum absolute atomic E-state index is 0.390. The number of anilines is 1. The number of nitrogens with zero attached hydrogens (tertiary/aromatic N) is 1. The lowest BCUT2D eigenvalue weighted by molar-refractivity contribution is 0.459. The summed E-state index contributed by atoms with van der Waals surface area (Å²) < 4.78 is 29.0. The minimum Gasteiger partial charge on any atom is -0.317 e. The second-order valence-electron chi connectivity index (χ2n) is 4.26. The highest BCUT2D eigenvalue weighted by Gasteiger charge is 2.18. The van der Waals surface area contributed by atoms with Crippen molar-refractivity contribution in [1.82, 2.24) is 9.62 Å². The molecule has 0 aliphatic carbocycles. The van der Waals surface area contributed by atoms with Crippen LogP contribution in [0.15, 0.2) is 18.2 Å². The van der Waals surface area contributed by atoms with Gasteiger partial charge in [0.2, 0.25) is 0 Å². The van der Waals surface area contributed by atoms with Crippen molar-refractivity contribution in [3.05, 3.63) is 26.8 Å². The van der Waals surface area contributed by atoms with E-state index in [1.165, 1.54) is 4.31 Å². The summed E-state index contributed by atoms with van der Waals surface area (Å²) in [5.41, 5.74) is 0.394. The first-order valence-electron chi connectivity index (χ1n) is 6.26. The van der Waals surface area contributed by atoms with Gasteiger partial charge in [0.15, 0.2) is 0 Å². The molecule has 0 fully saturated rings. The predicted octanol–water partition coefficient (Wildman–Crippen LogP) is 2.53. The summed E-state index contributed by atoms with van der Waals surface area (Å²) in [6, 6.07) is 5.18. The summed E-state index contributed by atoms with van der Waals surface area (Å²) in [7, 11) is -2.02. The van der Waals surface area contributed by atoms with E-state index in [0.29, 0.717) is 17.3 Å². The van der Waals surface area contributed by atoms with Gasteiger partial charge in [0, 0.05) is 17.2 Å². The van der Waals surface area contributed by atoms with Gasteiger partial charge in [-0.1, -0.05) is 18.5 Å². The van der Waals surface area contributed by atoms with Crippen LogP contribution < -0.4 is 10.0 Å². The lowest BCUT2D eigenvalue weighted by atomic mass is 10.3. The Bertz CT molecular complexity index is 540. The highest BCUT2D eigenvalue weighted by molar-refractivity contribution is 14.1. The predicted molar refractivity (Wildman–Crippen MR) is 92.5 cm³/mol. The van der Waals surface area contributed by atoms with Crippen molar-refractivity contribution in [2.24, 2.45) is 0 Å². The Morgan fingerprint density at radius 1 is 1.40 bits per heavy atom. The summed E-state index contributed by atoms with van der Waals surface area (Å²) in [6.07, 6.45) is 0.756. The Balaban J connectivity index is 2.64. The van der Waals surface area contributed by atoms with Gasteiger partial charge in [-0.25, -0.2) is 0 Å². The van der Waals surface area contributed by atoms with Gasteiger partial charge in [-0.15, -0.1) is 0 Å². The van der Waals surface area contributed by atoms with Gasteiger partial charge >= 0.3 is 10.2 Å². The molecule has 0 radical (unpaired) electrons. The molecule has 5 nitrogen and oxygen atoms in total. The normalized spacial score (nSPS) is 11.8. The van der Waals surface area contributed by atoms with Gasteiger partial charge in [0.1, 0.15) is 0 Å². The number of rotatable bonds is 8. The fourth-order valence-electron chi connectivity index (χ4n) is 1.51. The fraction of sp³-hybridized carbons (Fsp3) is 0.500. The Morgan fingerprint density at radius 3 is 2.70 bits per heavy atom. The van der Waals surface area contributed by atoms with Crippen molar-refractivity contribution in [2.75, 3.05) is 31.4 Å². The van der Waals surface area contributed by atoms with Crippen molar-refractivity contribution in [3.63, 3.8) is 0 Å². The van der Waals surface area contributed by atoms with Crippen LogP contribution in [0.3, 0.4) is 0 Å². The average Bonchev–Trinajstić information content (AvgIpc) is 2.37. The monoisotopic (exact) mass is 431 g/mol. The molecule has 114 valence electrons. The van der Waals surface area contributed by atoms with Crippen molar-refractivity contribution in [2.45, 2.75) is 13.3 Å². The molecule has 0 unspecified atom stereocenters. The maximum atomic E-state index is 12.1. The number of hydrogen-bond acceptors (Lipinski definition) is 3. The zero-order valence-electron chi connectivity index (χ0n) is 11.5. The zero-order valence-corrected chi connectivity index (χ0v) is 15.2. The molecule has 0 aliphatic heterocycles. The van der Waals surface area contributed by atoms with Gasteiger partial charge in [-0.2, -0.15) is 12.7 Å². The SMILES string of the molecule is CCNCCCN(C)S(=O)(=O)Nc1ccc(I)cc1Cl. The van der Waals surface area contributed by atoms with E-state index in [1.54, 1.807) is 25.2 Å². The van der Waals surface area contributed by atoms with Gasteiger partial charge < -0.3 is 5.32 Å². The largest absolute Gasteiger partial charge is 0.317 e. The number of nitrogens with one attached hydrogen (secondary N) is 2. The lowest BCUT2D eigenvalue weighted by Crippen LogP contribution is -2.34. The van der Waals surface area contributed by atoms with Crippen molar-refractivity contribution >= 4 is 50.1 Å². The summed E-state index contributed by atoms with van der Waals surface area (Å²) in [5.74, 6) is 0. The van der Waals surface area contributed by atoms with Crippen LogP contribution in [0.5, 0.6) is 0 Å². The average molecular weight is 432 g/mol. The minimum atomic E-state index is -3.57. The first-order chi connectivity index (χ1) is 9.36. The Hall–Kier alpha value is -0.0900. The van der Waals surface area contributed by atoms with E-state index >= 15 is 0 Å². The maximum Gasteiger partial charge on any atom is 0.301 e. The lowest BCUT2D eigenvalue weighted by Gasteiger charge is -2.19. The van der Waals surface area contributed by atoms with E-state index in [4.69, 9.17) is 11.6 Å². The molecule has 0 aliphatic rings. The van der Waals surface area contributed by atoms with Crippen molar-refractivity contribution in [3.8, 4) is 0 Å². The molecule has 8 heteroatoms. The summed E-state index contributed by atoms with van der Waals surface area (Å²) in [5, 5.41) is 3.55. The van der Waals surface area contributed by atoms with Gasteiger partial charge in [0.25, 0.3) is 0 Å². The van der Waals surface area contributed by atoms with Gasteiger partial charge in [0.05, 0.1) is 10.7 Å². The third-order valence-corrected chi connectivity index (χ3v) is 5.12. The molecule has 0 heterocycles. The van der Waals surface area contributed by atoms with E-state index in [0.717, 1.165) is 23.1 Å². The molecular weight excluding hydrogens is 413 g/mol. The first kappa shape index (κ1) is 18.0. The van der Waals surface area contributed by atoms with Crippen LogP contribution in [0.4, 0.5) is 5.69 Å². The van der Waals surface area contributed by atoms with E-state index in [2.05, 4.69) is 32.6 Å². The van der Waals surface area contributed by atoms with Crippen LogP contribution in [0.25, 0.3) is 0 Å². The third-order valence-electron chi connectivity index (χ3n) is 2.66. The summed E-state index contributed by atoms with van der Waals surface area (Å²) in [4.78, 5) is 0.